The van der Waals surface area contributed by atoms with Crippen molar-refractivity contribution >= 4 is 37.8 Å². The summed E-state index contributed by atoms with van der Waals surface area (Å²) in [5.41, 5.74) is -0.140. The second-order valence-corrected chi connectivity index (χ2v) is 5.20. The average molecular weight is 343 g/mol. The number of halogens is 2. The second-order valence-electron chi connectivity index (χ2n) is 4.08. The maximum atomic E-state index is 11.9. The Labute approximate surface area is 110 Å². The molecule has 15 heavy (non-hydrogen) atoms. The zero-order valence-corrected chi connectivity index (χ0v) is 12.9. The molecule has 0 rings (SSSR count). The first kappa shape index (κ1) is 15.4. The minimum Gasteiger partial charge on any atom is -0.349 e. The Bertz CT molecular complexity index is 185. The van der Waals surface area contributed by atoms with Crippen molar-refractivity contribution in [1.82, 2.24) is 5.32 Å². The van der Waals surface area contributed by atoms with Gasteiger partial charge in [0.2, 0.25) is 5.91 Å². The van der Waals surface area contributed by atoms with Gasteiger partial charge in [0.25, 0.3) is 0 Å². The van der Waals surface area contributed by atoms with E-state index in [1.54, 1.807) is 0 Å². The van der Waals surface area contributed by atoms with Crippen LogP contribution in [0.3, 0.4) is 0 Å². The molecule has 0 saturated heterocycles. The van der Waals surface area contributed by atoms with Crippen molar-refractivity contribution in [2.24, 2.45) is 5.92 Å². The SMILES string of the molecule is CCCC(C)C(=O)NC(CC)(CBr)CBr. The van der Waals surface area contributed by atoms with E-state index in [9.17, 15) is 4.79 Å². The number of carbonyl (C=O) groups excluding carboxylic acids is 1. The van der Waals surface area contributed by atoms with Gasteiger partial charge in [-0.3, -0.25) is 4.79 Å². The molecule has 1 atom stereocenters. The molecule has 0 aliphatic rings. The summed E-state index contributed by atoms with van der Waals surface area (Å²) in [7, 11) is 0. The van der Waals surface area contributed by atoms with Gasteiger partial charge in [-0.25, -0.2) is 0 Å². The highest BCUT2D eigenvalue weighted by molar-refractivity contribution is 9.09. The van der Waals surface area contributed by atoms with E-state index in [0.717, 1.165) is 29.9 Å². The van der Waals surface area contributed by atoms with Gasteiger partial charge in [-0.05, 0) is 12.8 Å². The van der Waals surface area contributed by atoms with Crippen LogP contribution in [-0.2, 0) is 4.79 Å². The zero-order chi connectivity index (χ0) is 11.9. The molecule has 0 aliphatic carbocycles. The van der Waals surface area contributed by atoms with Crippen LogP contribution >= 0.6 is 31.9 Å². The topological polar surface area (TPSA) is 29.1 Å². The molecule has 0 heterocycles. The Balaban J connectivity index is 4.34. The highest BCUT2D eigenvalue weighted by atomic mass is 79.9. The molecule has 0 aliphatic heterocycles. The van der Waals surface area contributed by atoms with E-state index in [2.05, 4.69) is 51.0 Å². The van der Waals surface area contributed by atoms with Gasteiger partial charge >= 0.3 is 0 Å². The van der Waals surface area contributed by atoms with Crippen LogP contribution in [0.25, 0.3) is 0 Å². The molecule has 1 unspecified atom stereocenters. The first-order valence-electron chi connectivity index (χ1n) is 5.49. The molecule has 0 spiro atoms. The Hall–Kier alpha value is 0.430. The fourth-order valence-corrected chi connectivity index (χ4v) is 3.33. The highest BCUT2D eigenvalue weighted by Gasteiger charge is 2.29. The number of hydrogen-bond acceptors (Lipinski definition) is 1. The summed E-state index contributed by atoms with van der Waals surface area (Å²) < 4.78 is 0. The van der Waals surface area contributed by atoms with Gasteiger partial charge in [-0.15, -0.1) is 0 Å². The normalized spacial score (nSPS) is 13.7. The fraction of sp³-hybridized carbons (Fsp3) is 0.909. The van der Waals surface area contributed by atoms with Crippen molar-refractivity contribution in [3.63, 3.8) is 0 Å². The molecule has 0 fully saturated rings. The Morgan fingerprint density at radius 1 is 1.33 bits per heavy atom. The molecule has 0 aromatic heterocycles. The highest BCUT2D eigenvalue weighted by Crippen LogP contribution is 2.18. The van der Waals surface area contributed by atoms with Crippen LogP contribution in [0.1, 0.15) is 40.0 Å². The van der Waals surface area contributed by atoms with E-state index in [1.807, 2.05) is 6.92 Å². The van der Waals surface area contributed by atoms with Crippen LogP contribution in [0, 0.1) is 5.92 Å². The quantitative estimate of drug-likeness (QED) is 0.705. The van der Waals surface area contributed by atoms with Crippen molar-refractivity contribution in [2.45, 2.75) is 45.6 Å². The number of rotatable bonds is 7. The predicted molar refractivity (Wildman–Crippen MR) is 72.8 cm³/mol. The van der Waals surface area contributed by atoms with Crippen molar-refractivity contribution in [3.8, 4) is 0 Å². The van der Waals surface area contributed by atoms with E-state index in [4.69, 9.17) is 0 Å². The lowest BCUT2D eigenvalue weighted by molar-refractivity contribution is -0.126. The van der Waals surface area contributed by atoms with Gasteiger partial charge in [-0.1, -0.05) is 59.1 Å². The Morgan fingerprint density at radius 3 is 2.20 bits per heavy atom. The molecule has 0 aromatic rings. The predicted octanol–water partition coefficient (Wildman–Crippen LogP) is 3.48. The van der Waals surface area contributed by atoms with Crippen LogP contribution < -0.4 is 5.32 Å². The van der Waals surface area contributed by atoms with Gasteiger partial charge < -0.3 is 5.32 Å². The lowest BCUT2D eigenvalue weighted by atomic mass is 9.98. The molecule has 90 valence electrons. The molecule has 1 N–H and O–H groups in total. The maximum absolute atomic E-state index is 11.9. The molecule has 0 radical (unpaired) electrons. The minimum atomic E-state index is -0.140. The summed E-state index contributed by atoms with van der Waals surface area (Å²) in [4.78, 5) is 11.9. The van der Waals surface area contributed by atoms with Crippen molar-refractivity contribution in [2.75, 3.05) is 10.7 Å². The molecule has 1 amide bonds. The van der Waals surface area contributed by atoms with Gasteiger partial charge in [0.05, 0.1) is 5.54 Å². The average Bonchev–Trinajstić information content (AvgIpc) is 2.26. The zero-order valence-electron chi connectivity index (χ0n) is 9.78. The molecular weight excluding hydrogens is 322 g/mol. The Kier molecular flexibility index (Phi) is 7.88. The van der Waals surface area contributed by atoms with Crippen molar-refractivity contribution in [1.29, 1.82) is 0 Å². The number of carbonyl (C=O) groups is 1. The van der Waals surface area contributed by atoms with E-state index >= 15 is 0 Å². The number of amides is 1. The third-order valence-corrected chi connectivity index (χ3v) is 4.89. The third-order valence-electron chi connectivity index (χ3n) is 2.75. The van der Waals surface area contributed by atoms with E-state index in [0.29, 0.717) is 0 Å². The number of hydrogen-bond donors (Lipinski definition) is 1. The van der Waals surface area contributed by atoms with Crippen LogP contribution in [0.15, 0.2) is 0 Å². The van der Waals surface area contributed by atoms with Crippen LogP contribution in [0.5, 0.6) is 0 Å². The number of nitrogens with one attached hydrogen (secondary N) is 1. The summed E-state index contributed by atoms with van der Waals surface area (Å²) in [6, 6.07) is 0. The van der Waals surface area contributed by atoms with Crippen LogP contribution in [0.4, 0.5) is 0 Å². The van der Waals surface area contributed by atoms with Crippen LogP contribution in [-0.4, -0.2) is 22.1 Å². The molecule has 0 saturated carbocycles. The van der Waals surface area contributed by atoms with E-state index in [1.165, 1.54) is 0 Å². The van der Waals surface area contributed by atoms with Gasteiger partial charge in [0.1, 0.15) is 0 Å². The maximum Gasteiger partial charge on any atom is 0.223 e. The lowest BCUT2D eigenvalue weighted by Crippen LogP contribution is -2.52. The summed E-state index contributed by atoms with van der Waals surface area (Å²) in [5, 5.41) is 4.70. The second kappa shape index (κ2) is 7.66. The molecule has 0 bridgehead atoms. The summed E-state index contributed by atoms with van der Waals surface area (Å²) in [6.07, 6.45) is 2.93. The van der Waals surface area contributed by atoms with Crippen molar-refractivity contribution < 1.29 is 4.79 Å². The Morgan fingerprint density at radius 2 is 1.87 bits per heavy atom. The standard InChI is InChI=1S/C11H21Br2NO/c1-4-6-9(3)10(15)14-11(5-2,7-12)8-13/h9H,4-8H2,1-3H3,(H,14,15). The summed E-state index contributed by atoms with van der Waals surface area (Å²) in [6.45, 7) is 6.18. The first-order valence-corrected chi connectivity index (χ1v) is 7.73. The summed E-state index contributed by atoms with van der Waals surface area (Å²) in [5.74, 6) is 0.275. The minimum absolute atomic E-state index is 0.110. The molecule has 4 heteroatoms. The van der Waals surface area contributed by atoms with Gasteiger partial charge in [-0.2, -0.15) is 0 Å². The van der Waals surface area contributed by atoms with Gasteiger partial charge in [0.15, 0.2) is 0 Å². The van der Waals surface area contributed by atoms with E-state index in [-0.39, 0.29) is 17.4 Å². The smallest absolute Gasteiger partial charge is 0.223 e. The van der Waals surface area contributed by atoms with Crippen molar-refractivity contribution in [3.05, 3.63) is 0 Å². The molecule has 0 aromatic carbocycles. The largest absolute Gasteiger partial charge is 0.349 e. The molecule has 2 nitrogen and oxygen atoms in total. The monoisotopic (exact) mass is 341 g/mol. The van der Waals surface area contributed by atoms with Crippen LogP contribution in [0.2, 0.25) is 0 Å². The third kappa shape index (κ3) is 4.85. The van der Waals surface area contributed by atoms with E-state index < -0.39 is 0 Å². The van der Waals surface area contributed by atoms with Gasteiger partial charge in [0, 0.05) is 16.6 Å². The molecular formula is C11H21Br2NO. The first-order chi connectivity index (χ1) is 7.05. The lowest BCUT2D eigenvalue weighted by Gasteiger charge is -2.31. The summed E-state index contributed by atoms with van der Waals surface area (Å²) >= 11 is 6.93. The fourth-order valence-electron chi connectivity index (χ4n) is 1.33. The number of alkyl halides is 2.